The molecular weight excluding hydrogens is 352 g/mol. The van der Waals surface area contributed by atoms with E-state index in [0.717, 1.165) is 37.9 Å². The molecule has 0 atom stereocenters. The number of halogens is 1. The van der Waals surface area contributed by atoms with E-state index >= 15 is 0 Å². The largest absolute Gasteiger partial charge is 0.317 e. The van der Waals surface area contributed by atoms with Gasteiger partial charge in [-0.25, -0.2) is 8.42 Å². The van der Waals surface area contributed by atoms with Gasteiger partial charge in [0.05, 0.1) is 4.90 Å². The molecule has 0 amide bonds. The molecule has 0 spiro atoms. The van der Waals surface area contributed by atoms with Crippen LogP contribution in [-0.4, -0.2) is 38.4 Å². The van der Waals surface area contributed by atoms with E-state index in [4.69, 9.17) is 0 Å². The molecule has 1 aromatic carbocycles. The van der Waals surface area contributed by atoms with Gasteiger partial charge in [-0.05, 0) is 72.9 Å². The monoisotopic (exact) mass is 374 g/mol. The predicted octanol–water partition coefficient (Wildman–Crippen LogP) is 2.91. The zero-order valence-corrected chi connectivity index (χ0v) is 15.0. The van der Waals surface area contributed by atoms with Crippen LogP contribution in [0.2, 0.25) is 0 Å². The third kappa shape index (κ3) is 3.86. The first-order valence-electron chi connectivity index (χ1n) is 7.45. The molecule has 1 N–H and O–H groups in total. The Kier molecular flexibility index (Phi) is 5.82. The first-order chi connectivity index (χ1) is 9.96. The van der Waals surface area contributed by atoms with Crippen LogP contribution in [0, 0.1) is 6.92 Å². The number of aryl methyl sites for hydroxylation is 1. The van der Waals surface area contributed by atoms with E-state index in [2.05, 4.69) is 21.2 Å². The SMILES string of the molecule is CCCN(C1CCNCC1)S(=O)(=O)c1cc(C)ccc1Br. The highest BCUT2D eigenvalue weighted by molar-refractivity contribution is 9.10. The minimum atomic E-state index is -3.46. The Morgan fingerprint density at radius 2 is 2.00 bits per heavy atom. The van der Waals surface area contributed by atoms with Gasteiger partial charge in [0, 0.05) is 17.1 Å². The van der Waals surface area contributed by atoms with Gasteiger partial charge >= 0.3 is 0 Å². The zero-order valence-electron chi connectivity index (χ0n) is 12.6. The molecule has 0 unspecified atom stereocenters. The van der Waals surface area contributed by atoms with Crippen LogP contribution in [0.15, 0.2) is 27.6 Å². The van der Waals surface area contributed by atoms with E-state index in [1.165, 1.54) is 0 Å². The normalized spacial score (nSPS) is 17.3. The van der Waals surface area contributed by atoms with E-state index in [0.29, 0.717) is 15.9 Å². The molecule has 0 saturated carbocycles. The van der Waals surface area contributed by atoms with E-state index in [9.17, 15) is 8.42 Å². The zero-order chi connectivity index (χ0) is 15.5. The standard InChI is InChI=1S/C15H23BrN2O2S/c1-3-10-18(13-6-8-17-9-7-13)21(19,20)15-11-12(2)4-5-14(15)16/h4-5,11,13,17H,3,6-10H2,1-2H3. The van der Waals surface area contributed by atoms with E-state index in [1.807, 2.05) is 26.0 Å². The lowest BCUT2D eigenvalue weighted by atomic mass is 10.1. The summed E-state index contributed by atoms with van der Waals surface area (Å²) in [5.74, 6) is 0. The van der Waals surface area contributed by atoms with Gasteiger partial charge in [-0.15, -0.1) is 0 Å². The Morgan fingerprint density at radius 3 is 2.62 bits per heavy atom. The summed E-state index contributed by atoms with van der Waals surface area (Å²) in [6.45, 7) is 6.28. The molecule has 1 aliphatic heterocycles. The predicted molar refractivity (Wildman–Crippen MR) is 89.0 cm³/mol. The number of nitrogens with zero attached hydrogens (tertiary/aromatic N) is 1. The number of sulfonamides is 1. The van der Waals surface area contributed by atoms with Crippen LogP contribution in [0.5, 0.6) is 0 Å². The second-order valence-corrected chi connectivity index (χ2v) is 8.24. The second kappa shape index (κ2) is 7.22. The lowest BCUT2D eigenvalue weighted by Gasteiger charge is -2.33. The van der Waals surface area contributed by atoms with Crippen LogP contribution in [-0.2, 0) is 10.0 Å². The summed E-state index contributed by atoms with van der Waals surface area (Å²) in [6, 6.07) is 5.58. The maximum atomic E-state index is 13.1. The number of rotatable bonds is 5. The summed E-state index contributed by atoms with van der Waals surface area (Å²) in [4.78, 5) is 0.384. The van der Waals surface area contributed by atoms with Gasteiger partial charge in [0.2, 0.25) is 10.0 Å². The molecule has 1 aromatic rings. The molecular formula is C15H23BrN2O2S. The molecule has 21 heavy (non-hydrogen) atoms. The highest BCUT2D eigenvalue weighted by Gasteiger charge is 2.32. The first kappa shape index (κ1) is 16.9. The van der Waals surface area contributed by atoms with Gasteiger partial charge in [-0.1, -0.05) is 13.0 Å². The van der Waals surface area contributed by atoms with Crippen molar-refractivity contribution in [1.82, 2.24) is 9.62 Å². The second-order valence-electron chi connectivity index (χ2n) is 5.53. The van der Waals surface area contributed by atoms with Crippen LogP contribution in [0.1, 0.15) is 31.7 Å². The lowest BCUT2D eigenvalue weighted by Crippen LogP contribution is -2.46. The van der Waals surface area contributed by atoms with Crippen molar-refractivity contribution in [1.29, 1.82) is 0 Å². The maximum Gasteiger partial charge on any atom is 0.244 e. The summed E-state index contributed by atoms with van der Waals surface area (Å²) < 4.78 is 28.5. The maximum absolute atomic E-state index is 13.1. The van der Waals surface area contributed by atoms with Crippen molar-refractivity contribution >= 4 is 26.0 Å². The van der Waals surface area contributed by atoms with Gasteiger partial charge in [-0.3, -0.25) is 0 Å². The molecule has 1 fully saturated rings. The van der Waals surface area contributed by atoms with Crippen LogP contribution < -0.4 is 5.32 Å². The quantitative estimate of drug-likeness (QED) is 0.861. The average Bonchev–Trinajstić information content (AvgIpc) is 2.48. The van der Waals surface area contributed by atoms with Crippen molar-refractivity contribution in [2.45, 2.75) is 44.0 Å². The molecule has 0 radical (unpaired) electrons. The number of nitrogens with one attached hydrogen (secondary N) is 1. The smallest absolute Gasteiger partial charge is 0.244 e. The third-order valence-corrected chi connectivity index (χ3v) is 6.78. The fourth-order valence-corrected chi connectivity index (χ4v) is 5.54. The molecule has 2 rings (SSSR count). The van der Waals surface area contributed by atoms with E-state index < -0.39 is 10.0 Å². The Bertz CT molecular complexity index is 583. The van der Waals surface area contributed by atoms with E-state index in [-0.39, 0.29) is 6.04 Å². The van der Waals surface area contributed by atoms with Gasteiger partial charge in [-0.2, -0.15) is 4.31 Å². The van der Waals surface area contributed by atoms with Crippen LogP contribution in [0.3, 0.4) is 0 Å². The fraction of sp³-hybridized carbons (Fsp3) is 0.600. The van der Waals surface area contributed by atoms with Crippen molar-refractivity contribution in [3.63, 3.8) is 0 Å². The minimum absolute atomic E-state index is 0.101. The Morgan fingerprint density at radius 1 is 1.33 bits per heavy atom. The van der Waals surface area contributed by atoms with Crippen molar-refractivity contribution < 1.29 is 8.42 Å². The van der Waals surface area contributed by atoms with Gasteiger partial charge in [0.1, 0.15) is 0 Å². The molecule has 0 aliphatic carbocycles. The van der Waals surface area contributed by atoms with Crippen LogP contribution in [0.25, 0.3) is 0 Å². The molecule has 1 heterocycles. The molecule has 0 bridgehead atoms. The molecule has 118 valence electrons. The first-order valence-corrected chi connectivity index (χ1v) is 9.69. The van der Waals surface area contributed by atoms with E-state index in [1.54, 1.807) is 10.4 Å². The Labute approximate surface area is 136 Å². The average molecular weight is 375 g/mol. The van der Waals surface area contributed by atoms with Crippen molar-refractivity contribution in [3.8, 4) is 0 Å². The number of benzene rings is 1. The van der Waals surface area contributed by atoms with Gasteiger partial charge in [0.25, 0.3) is 0 Å². The number of hydrogen-bond acceptors (Lipinski definition) is 3. The van der Waals surface area contributed by atoms with Crippen molar-refractivity contribution in [3.05, 3.63) is 28.2 Å². The summed E-state index contributed by atoms with van der Waals surface area (Å²) in [6.07, 6.45) is 2.58. The number of hydrogen-bond donors (Lipinski definition) is 1. The fourth-order valence-electron chi connectivity index (χ4n) is 2.75. The minimum Gasteiger partial charge on any atom is -0.317 e. The number of piperidine rings is 1. The lowest BCUT2D eigenvalue weighted by molar-refractivity contribution is 0.262. The summed E-state index contributed by atoms with van der Waals surface area (Å²) >= 11 is 3.39. The Balaban J connectivity index is 2.39. The molecule has 0 aromatic heterocycles. The summed E-state index contributed by atoms with van der Waals surface area (Å²) in [7, 11) is -3.46. The third-order valence-electron chi connectivity index (χ3n) is 3.83. The summed E-state index contributed by atoms with van der Waals surface area (Å²) in [5, 5.41) is 3.29. The molecule has 6 heteroatoms. The summed E-state index contributed by atoms with van der Waals surface area (Å²) in [5.41, 5.74) is 0.957. The van der Waals surface area contributed by atoms with Gasteiger partial charge in [0.15, 0.2) is 0 Å². The van der Waals surface area contributed by atoms with Gasteiger partial charge < -0.3 is 5.32 Å². The van der Waals surface area contributed by atoms with Crippen molar-refractivity contribution in [2.24, 2.45) is 0 Å². The molecule has 1 aliphatic rings. The van der Waals surface area contributed by atoms with Crippen LogP contribution in [0.4, 0.5) is 0 Å². The highest BCUT2D eigenvalue weighted by atomic mass is 79.9. The Hall–Kier alpha value is -0.430. The molecule has 4 nitrogen and oxygen atoms in total. The highest BCUT2D eigenvalue weighted by Crippen LogP contribution is 2.29. The topological polar surface area (TPSA) is 49.4 Å². The molecule has 1 saturated heterocycles. The van der Waals surface area contributed by atoms with Crippen molar-refractivity contribution in [2.75, 3.05) is 19.6 Å². The van der Waals surface area contributed by atoms with Crippen LogP contribution >= 0.6 is 15.9 Å².